The van der Waals surface area contributed by atoms with Crippen molar-refractivity contribution in [1.82, 2.24) is 5.32 Å². The van der Waals surface area contributed by atoms with Gasteiger partial charge in [-0.15, -0.1) is 11.8 Å². The van der Waals surface area contributed by atoms with Crippen molar-refractivity contribution in [3.05, 3.63) is 28.7 Å². The molecular weight excluding hydrogens is 336 g/mol. The highest BCUT2D eigenvalue weighted by molar-refractivity contribution is 9.10. The van der Waals surface area contributed by atoms with E-state index < -0.39 is 5.54 Å². The molecule has 0 bridgehead atoms. The molecule has 5 heteroatoms. The van der Waals surface area contributed by atoms with Crippen LogP contribution in [0.5, 0.6) is 0 Å². The Bertz CT molecular complexity index is 436. The maximum Gasteiger partial charge on any atom is 0.237 e. The third kappa shape index (κ3) is 5.85. The summed E-state index contributed by atoms with van der Waals surface area (Å²) in [6.07, 6.45) is 1.70. The van der Waals surface area contributed by atoms with Crippen LogP contribution >= 0.6 is 27.7 Å². The van der Waals surface area contributed by atoms with E-state index in [9.17, 15) is 4.79 Å². The van der Waals surface area contributed by atoms with Gasteiger partial charge in [-0.25, -0.2) is 0 Å². The van der Waals surface area contributed by atoms with E-state index in [0.717, 1.165) is 23.1 Å². The largest absolute Gasteiger partial charge is 0.368 e. The fraction of sp³-hybridized carbons (Fsp3) is 0.533. The number of primary amides is 1. The van der Waals surface area contributed by atoms with Crippen LogP contribution in [0.25, 0.3) is 0 Å². The summed E-state index contributed by atoms with van der Waals surface area (Å²) < 4.78 is 1.09. The van der Waals surface area contributed by atoms with Gasteiger partial charge in [-0.1, -0.05) is 15.9 Å². The minimum Gasteiger partial charge on any atom is -0.368 e. The van der Waals surface area contributed by atoms with Crippen LogP contribution in [0, 0.1) is 0 Å². The first kappa shape index (κ1) is 17.5. The Morgan fingerprint density at radius 1 is 1.40 bits per heavy atom. The molecule has 0 fully saturated rings. The summed E-state index contributed by atoms with van der Waals surface area (Å²) in [5.74, 6) is 0.699. The van der Waals surface area contributed by atoms with E-state index in [1.165, 1.54) is 4.90 Å². The van der Waals surface area contributed by atoms with E-state index in [2.05, 4.69) is 33.4 Å². The van der Waals surface area contributed by atoms with Crippen molar-refractivity contribution in [3.8, 4) is 0 Å². The molecular formula is C15H23BrN2OS. The van der Waals surface area contributed by atoms with Gasteiger partial charge in [0.15, 0.2) is 0 Å². The lowest BCUT2D eigenvalue weighted by molar-refractivity contribution is -0.124. The maximum atomic E-state index is 11.6. The molecule has 0 saturated heterocycles. The Kier molecular flexibility index (Phi) is 7.06. The van der Waals surface area contributed by atoms with Gasteiger partial charge in [-0.3, -0.25) is 4.79 Å². The first-order valence-electron chi connectivity index (χ1n) is 6.79. The second-order valence-corrected chi connectivity index (χ2v) is 7.49. The number of halogens is 1. The number of rotatable bonds is 8. The van der Waals surface area contributed by atoms with Crippen LogP contribution in [0.3, 0.4) is 0 Å². The summed E-state index contributed by atoms with van der Waals surface area (Å²) in [5.41, 5.74) is 4.90. The van der Waals surface area contributed by atoms with Crippen molar-refractivity contribution in [2.24, 2.45) is 5.73 Å². The number of thioether (sulfide) groups is 1. The van der Waals surface area contributed by atoms with Gasteiger partial charge in [0, 0.05) is 15.4 Å². The molecule has 0 aliphatic heterocycles. The van der Waals surface area contributed by atoms with Crippen LogP contribution in [0.15, 0.2) is 33.6 Å². The summed E-state index contributed by atoms with van der Waals surface area (Å²) in [7, 11) is 0. The fourth-order valence-electron chi connectivity index (χ4n) is 2.05. The number of nitrogens with one attached hydrogen (secondary N) is 1. The van der Waals surface area contributed by atoms with Gasteiger partial charge >= 0.3 is 0 Å². The highest BCUT2D eigenvalue weighted by Gasteiger charge is 2.30. The maximum absolute atomic E-state index is 11.6. The molecule has 1 aromatic carbocycles. The molecule has 0 aromatic heterocycles. The third-order valence-electron chi connectivity index (χ3n) is 3.05. The predicted molar refractivity (Wildman–Crippen MR) is 90.0 cm³/mol. The molecule has 3 nitrogen and oxygen atoms in total. The van der Waals surface area contributed by atoms with Crippen LogP contribution < -0.4 is 11.1 Å². The lowest BCUT2D eigenvalue weighted by atomic mass is 9.94. The van der Waals surface area contributed by atoms with Crippen LogP contribution in [0.4, 0.5) is 0 Å². The van der Waals surface area contributed by atoms with Crippen LogP contribution in [0.2, 0.25) is 0 Å². The molecule has 1 atom stereocenters. The third-order valence-corrected chi connectivity index (χ3v) is 4.68. The van der Waals surface area contributed by atoms with E-state index in [4.69, 9.17) is 5.73 Å². The summed E-state index contributed by atoms with van der Waals surface area (Å²) >= 11 is 5.22. The van der Waals surface area contributed by atoms with Crippen molar-refractivity contribution in [1.29, 1.82) is 0 Å². The zero-order valence-electron chi connectivity index (χ0n) is 12.3. The number of benzene rings is 1. The summed E-state index contributed by atoms with van der Waals surface area (Å²) in [5, 5.41) is 3.27. The Morgan fingerprint density at radius 3 is 2.50 bits per heavy atom. The van der Waals surface area contributed by atoms with Crippen molar-refractivity contribution in [2.75, 3.05) is 5.75 Å². The summed E-state index contributed by atoms with van der Waals surface area (Å²) in [6.45, 7) is 5.94. The second-order valence-electron chi connectivity index (χ2n) is 5.40. The van der Waals surface area contributed by atoms with Crippen LogP contribution in [-0.2, 0) is 4.79 Å². The summed E-state index contributed by atoms with van der Waals surface area (Å²) in [4.78, 5) is 12.8. The number of carbonyl (C=O) groups excluding carboxylic acids is 1. The van der Waals surface area contributed by atoms with Crippen molar-refractivity contribution in [3.63, 3.8) is 0 Å². The summed E-state index contributed by atoms with van der Waals surface area (Å²) in [6, 6.07) is 8.50. The molecule has 0 radical (unpaired) electrons. The molecule has 1 rings (SSSR count). The molecule has 0 spiro atoms. The monoisotopic (exact) mass is 358 g/mol. The predicted octanol–water partition coefficient (Wildman–Crippen LogP) is 3.56. The average Bonchev–Trinajstić information content (AvgIpc) is 2.36. The molecule has 0 heterocycles. The molecule has 1 aromatic rings. The molecule has 1 amide bonds. The standard InChI is InChI=1S/C15H23BrN2OS/c1-11(2)18-15(3,14(17)19)9-4-10-20-13-7-5-12(16)6-8-13/h5-8,11,18H,4,9-10H2,1-3H3,(H2,17,19). The Morgan fingerprint density at radius 2 is 2.00 bits per heavy atom. The smallest absolute Gasteiger partial charge is 0.237 e. The minimum atomic E-state index is -0.617. The lowest BCUT2D eigenvalue weighted by Crippen LogP contribution is -2.55. The first-order valence-corrected chi connectivity index (χ1v) is 8.57. The number of amides is 1. The van der Waals surface area contributed by atoms with Crippen molar-refractivity contribution in [2.45, 2.75) is 50.1 Å². The van der Waals surface area contributed by atoms with Gasteiger partial charge in [0.2, 0.25) is 5.91 Å². The van der Waals surface area contributed by atoms with E-state index in [0.29, 0.717) is 0 Å². The van der Waals surface area contributed by atoms with Crippen molar-refractivity contribution < 1.29 is 4.79 Å². The zero-order valence-corrected chi connectivity index (χ0v) is 14.7. The van der Waals surface area contributed by atoms with E-state index in [1.54, 1.807) is 11.8 Å². The molecule has 112 valence electrons. The minimum absolute atomic E-state index is 0.242. The quantitative estimate of drug-likeness (QED) is 0.551. The van der Waals surface area contributed by atoms with Gasteiger partial charge in [-0.05, 0) is 63.6 Å². The normalized spacial score (nSPS) is 14.2. The highest BCUT2D eigenvalue weighted by atomic mass is 79.9. The van der Waals surface area contributed by atoms with E-state index in [-0.39, 0.29) is 11.9 Å². The topological polar surface area (TPSA) is 55.1 Å². The van der Waals surface area contributed by atoms with Crippen LogP contribution in [0.1, 0.15) is 33.6 Å². The Hall–Kier alpha value is -0.520. The molecule has 0 saturated carbocycles. The lowest BCUT2D eigenvalue weighted by Gasteiger charge is -2.29. The van der Waals surface area contributed by atoms with Gasteiger partial charge in [0.1, 0.15) is 0 Å². The molecule has 1 unspecified atom stereocenters. The average molecular weight is 359 g/mol. The van der Waals surface area contributed by atoms with Gasteiger partial charge in [0.25, 0.3) is 0 Å². The molecule has 0 aliphatic rings. The number of nitrogens with two attached hydrogens (primary N) is 1. The Balaban J connectivity index is 2.41. The number of hydrogen-bond acceptors (Lipinski definition) is 3. The van der Waals surface area contributed by atoms with E-state index >= 15 is 0 Å². The van der Waals surface area contributed by atoms with Gasteiger partial charge < -0.3 is 11.1 Å². The van der Waals surface area contributed by atoms with E-state index in [1.807, 2.05) is 32.9 Å². The zero-order chi connectivity index (χ0) is 15.2. The first-order chi connectivity index (χ1) is 9.33. The van der Waals surface area contributed by atoms with Crippen LogP contribution in [-0.4, -0.2) is 23.2 Å². The van der Waals surface area contributed by atoms with Gasteiger partial charge in [-0.2, -0.15) is 0 Å². The SMILES string of the molecule is CC(C)NC(C)(CCCSc1ccc(Br)cc1)C(N)=O. The fourth-order valence-corrected chi connectivity index (χ4v) is 3.17. The highest BCUT2D eigenvalue weighted by Crippen LogP contribution is 2.23. The Labute approximate surface area is 134 Å². The number of hydrogen-bond donors (Lipinski definition) is 2. The van der Waals surface area contributed by atoms with Gasteiger partial charge in [0.05, 0.1) is 5.54 Å². The molecule has 20 heavy (non-hydrogen) atoms. The second kappa shape index (κ2) is 8.05. The van der Waals surface area contributed by atoms with Crippen molar-refractivity contribution >= 4 is 33.6 Å². The molecule has 3 N–H and O–H groups in total. The molecule has 0 aliphatic carbocycles. The number of carbonyl (C=O) groups is 1.